The van der Waals surface area contributed by atoms with E-state index in [-0.39, 0.29) is 5.41 Å². The molecule has 25 rings (SSSR count). The fraction of sp³-hybridized carbons (Fsp3) is 0.0263. The summed E-state index contributed by atoms with van der Waals surface area (Å²) in [5, 5.41) is 9.30. The van der Waals surface area contributed by atoms with Crippen LogP contribution in [0.3, 0.4) is 0 Å². The highest BCUT2D eigenvalue weighted by Gasteiger charge is 2.39. The summed E-state index contributed by atoms with van der Waals surface area (Å²) in [6.45, 7) is 4.75. The van der Waals surface area contributed by atoms with E-state index in [9.17, 15) is 0 Å². The van der Waals surface area contributed by atoms with Crippen molar-refractivity contribution in [2.24, 2.45) is 0 Å². The van der Waals surface area contributed by atoms with Gasteiger partial charge in [0, 0.05) is 99.2 Å². The molecule has 574 valence electrons. The summed E-state index contributed by atoms with van der Waals surface area (Å²) in [6.07, 6.45) is 3.86. The first-order valence-corrected chi connectivity index (χ1v) is 42.3. The molecule has 122 heavy (non-hydrogen) atoms. The van der Waals surface area contributed by atoms with E-state index < -0.39 is 0 Å². The number of fused-ring (bicyclic) bond motifs is 25. The Balaban J connectivity index is 0.000000107. The SMILES string of the molecule is CC1(C)c2ccccc2-c2ccccc2-c2c1c1ccccc1n2-c1nc2ccccc2c2ccccc12.c1ccc(-c2ccc3c(c2)-c2ccccc2-c2oc4ccc(-c5ncc(-c6ccccc6)c6ccccc56)cc4c2O3)cc1.c1ccc(-c2cccc(-n3c4c(c5ccccc53)Sc3c(-c5ccccn5)cccc3-c3ccccc3-4)c2)cc1. The van der Waals surface area contributed by atoms with Gasteiger partial charge in [-0.1, -0.05) is 359 Å². The van der Waals surface area contributed by atoms with Crippen molar-refractivity contribution in [2.45, 2.75) is 29.1 Å². The minimum absolute atomic E-state index is 0.220. The van der Waals surface area contributed by atoms with Gasteiger partial charge in [0.05, 0.1) is 44.7 Å². The number of hydrogen-bond donors (Lipinski definition) is 0. The summed E-state index contributed by atoms with van der Waals surface area (Å²) in [5.41, 5.74) is 32.1. The van der Waals surface area contributed by atoms with Crippen molar-refractivity contribution in [1.82, 2.24) is 24.1 Å². The van der Waals surface area contributed by atoms with Crippen LogP contribution < -0.4 is 4.74 Å². The molecule has 0 saturated carbocycles. The van der Waals surface area contributed by atoms with Crippen LogP contribution in [0.15, 0.2) is 433 Å². The Morgan fingerprint density at radius 1 is 0.311 bits per heavy atom. The standard InChI is InChI=1S/C41H25NO2.C37H24N2S.C36H26N2/c1-3-11-26(12-4-1)28-19-21-37-34(23-28)31-16-8-10-18-33(31)40-41(43-37)35-24-29(20-22-38(35)44-40)39-32-17-9-7-15-30(32)36(25-42-39)27-13-5-2-6-14-27;1-2-12-25(13-3-1)26-14-10-15-27(24-26)39-34-22-7-6-18-32(34)37-35(39)29-17-5-4-16-28(29)30-19-11-20-31(36(30)40-37)33-21-8-9-23-38-33;1-36(2)30-20-10-7-15-25(30)23-13-3-5-17-27(23)34-33(36)29-19-9-12-22-32(29)38(34)35-28-18-6-4-14-24(28)26-16-8-11-21-31(26)37-35/h1-25H;1-24H;3-22H,1-2H3. The van der Waals surface area contributed by atoms with Gasteiger partial charge in [-0.3, -0.25) is 14.5 Å². The van der Waals surface area contributed by atoms with E-state index in [4.69, 9.17) is 24.1 Å². The average Bonchev–Trinajstić information content (AvgIpc) is 1.54. The van der Waals surface area contributed by atoms with E-state index in [1.165, 1.54) is 120 Å². The fourth-order valence-electron chi connectivity index (χ4n) is 19.1. The molecule has 0 N–H and O–H groups in total. The van der Waals surface area contributed by atoms with Crippen LogP contribution in [0.5, 0.6) is 11.5 Å². The van der Waals surface area contributed by atoms with Crippen molar-refractivity contribution in [3.05, 3.63) is 430 Å². The van der Waals surface area contributed by atoms with E-state index in [1.54, 1.807) is 0 Å². The molecule has 0 bridgehead atoms. The van der Waals surface area contributed by atoms with Crippen LogP contribution in [0.4, 0.5) is 0 Å². The maximum Gasteiger partial charge on any atom is 0.181 e. The third-order valence-corrected chi connectivity index (χ3v) is 25.9. The van der Waals surface area contributed by atoms with Crippen molar-refractivity contribution in [1.29, 1.82) is 0 Å². The minimum Gasteiger partial charge on any atom is -0.452 e. The second-order valence-corrected chi connectivity index (χ2v) is 32.9. The molecule has 2 aliphatic heterocycles. The number of ether oxygens (including phenoxy) is 1. The minimum atomic E-state index is -0.220. The topological polar surface area (TPSA) is 70.9 Å². The van der Waals surface area contributed by atoms with Crippen LogP contribution in [-0.4, -0.2) is 24.1 Å². The highest BCUT2D eigenvalue weighted by molar-refractivity contribution is 8.00. The van der Waals surface area contributed by atoms with Crippen LogP contribution in [0.2, 0.25) is 0 Å². The zero-order chi connectivity index (χ0) is 80.9. The van der Waals surface area contributed by atoms with Crippen molar-refractivity contribution in [3.63, 3.8) is 0 Å². The molecule has 6 aromatic heterocycles. The maximum absolute atomic E-state index is 6.77. The van der Waals surface area contributed by atoms with Gasteiger partial charge in [0.25, 0.3) is 0 Å². The van der Waals surface area contributed by atoms with Crippen molar-refractivity contribution in [2.75, 3.05) is 0 Å². The number of pyridine rings is 3. The zero-order valence-electron chi connectivity index (χ0n) is 66.8. The summed E-state index contributed by atoms with van der Waals surface area (Å²) in [5.74, 6) is 3.25. The van der Waals surface area contributed by atoms with E-state index in [1.807, 2.05) is 48.4 Å². The molecule has 0 saturated heterocycles. The summed E-state index contributed by atoms with van der Waals surface area (Å²) < 4.78 is 18.2. The molecule has 0 spiro atoms. The lowest BCUT2D eigenvalue weighted by Gasteiger charge is -2.27. The smallest absolute Gasteiger partial charge is 0.181 e. The van der Waals surface area contributed by atoms with Crippen molar-refractivity contribution < 1.29 is 9.15 Å². The predicted molar refractivity (Wildman–Crippen MR) is 505 cm³/mol. The lowest BCUT2D eigenvalue weighted by molar-refractivity contribution is 0.481. The van der Waals surface area contributed by atoms with Crippen LogP contribution in [-0.2, 0) is 5.41 Å². The summed E-state index contributed by atoms with van der Waals surface area (Å²) in [4.78, 5) is 17.6. The Labute approximate surface area is 710 Å². The summed E-state index contributed by atoms with van der Waals surface area (Å²) >= 11 is 1.87. The summed E-state index contributed by atoms with van der Waals surface area (Å²) in [7, 11) is 0. The van der Waals surface area contributed by atoms with E-state index >= 15 is 0 Å². The van der Waals surface area contributed by atoms with E-state index in [0.29, 0.717) is 0 Å². The van der Waals surface area contributed by atoms with Gasteiger partial charge in [-0.15, -0.1) is 0 Å². The second-order valence-electron chi connectivity index (χ2n) is 31.9. The Bertz CT molecular complexity index is 7920. The van der Waals surface area contributed by atoms with Gasteiger partial charge in [-0.25, -0.2) is 4.98 Å². The second kappa shape index (κ2) is 29.5. The number of hydrogen-bond acceptors (Lipinski definition) is 6. The summed E-state index contributed by atoms with van der Waals surface area (Å²) in [6, 6.07) is 144. The van der Waals surface area contributed by atoms with E-state index in [2.05, 4.69) is 405 Å². The fourth-order valence-corrected chi connectivity index (χ4v) is 20.4. The number of nitrogens with zero attached hydrogens (tertiary/aromatic N) is 5. The molecule has 0 atom stereocenters. The van der Waals surface area contributed by atoms with Crippen molar-refractivity contribution in [3.8, 4) is 146 Å². The number of aromatic nitrogens is 5. The molecule has 7 nitrogen and oxygen atoms in total. The molecule has 8 heterocycles. The quantitative estimate of drug-likeness (QED) is 0.148. The molecule has 22 aromatic rings. The third kappa shape index (κ3) is 11.9. The number of para-hydroxylation sites is 3. The van der Waals surface area contributed by atoms with Gasteiger partial charge in [0.1, 0.15) is 17.2 Å². The normalized spacial score (nSPS) is 12.4. The van der Waals surface area contributed by atoms with Gasteiger partial charge < -0.3 is 13.7 Å². The molecule has 0 amide bonds. The Morgan fingerprint density at radius 3 is 1.57 bits per heavy atom. The van der Waals surface area contributed by atoms with Gasteiger partial charge in [0.15, 0.2) is 11.5 Å². The largest absolute Gasteiger partial charge is 0.452 e. The number of furan rings is 1. The molecular weight excluding hydrogens is 1500 g/mol. The molecule has 0 radical (unpaired) electrons. The monoisotopic (exact) mass is 1580 g/mol. The Hall–Kier alpha value is -15.5. The molecular formula is C114H75N5O2S. The molecule has 1 aliphatic carbocycles. The molecule has 0 fully saturated rings. The van der Waals surface area contributed by atoms with Gasteiger partial charge in [-0.05, 0) is 150 Å². The first-order valence-electron chi connectivity index (χ1n) is 41.5. The lowest BCUT2D eigenvalue weighted by atomic mass is 9.75. The first-order chi connectivity index (χ1) is 60.3. The highest BCUT2D eigenvalue weighted by atomic mass is 32.2. The van der Waals surface area contributed by atoms with Gasteiger partial charge in [0.2, 0.25) is 0 Å². The first kappa shape index (κ1) is 71.8. The zero-order valence-corrected chi connectivity index (χ0v) is 67.6. The Morgan fingerprint density at radius 2 is 0.844 bits per heavy atom. The van der Waals surface area contributed by atoms with Crippen LogP contribution >= 0.6 is 11.8 Å². The number of benzene rings is 16. The average molecular weight is 1580 g/mol. The van der Waals surface area contributed by atoms with Crippen LogP contribution in [0.1, 0.15) is 25.0 Å². The van der Waals surface area contributed by atoms with Crippen LogP contribution in [0, 0.1) is 0 Å². The van der Waals surface area contributed by atoms with Crippen molar-refractivity contribution >= 4 is 77.0 Å². The number of rotatable bonds is 7. The molecule has 0 unspecified atom stereocenters. The van der Waals surface area contributed by atoms with Gasteiger partial charge >= 0.3 is 0 Å². The van der Waals surface area contributed by atoms with E-state index in [0.717, 1.165) is 112 Å². The molecule has 16 aromatic carbocycles. The Kier molecular flexibility index (Phi) is 17.4. The maximum atomic E-state index is 6.77. The molecule has 8 heteroatoms. The highest BCUT2D eigenvalue weighted by Crippen LogP contribution is 2.58. The molecule has 3 aliphatic rings. The predicted octanol–water partition coefficient (Wildman–Crippen LogP) is 30.9. The van der Waals surface area contributed by atoms with Crippen LogP contribution in [0.25, 0.3) is 200 Å². The lowest BCUT2D eigenvalue weighted by Crippen LogP contribution is -2.19. The third-order valence-electron chi connectivity index (χ3n) is 24.6. The van der Waals surface area contributed by atoms with Gasteiger partial charge in [-0.2, -0.15) is 0 Å².